The lowest BCUT2D eigenvalue weighted by Crippen LogP contribution is -2.43. The van der Waals surface area contributed by atoms with Crippen LogP contribution in [0.4, 0.5) is 0 Å². The molecule has 0 bridgehead atoms. The number of halogens is 1. The molecule has 0 N–H and O–H groups in total. The van der Waals surface area contributed by atoms with Crippen LogP contribution in [0.2, 0.25) is 30.7 Å². The van der Waals surface area contributed by atoms with Crippen LogP contribution in [0.5, 0.6) is 0 Å². The Kier molecular flexibility index (Phi) is 8.69. The number of fused-ring (bicyclic) bond motifs is 1. The number of piperidine rings is 1. The number of nitrogens with zero attached hydrogens (tertiary/aromatic N) is 6. The highest BCUT2D eigenvalue weighted by atomic mass is 35.5. The Morgan fingerprint density at radius 1 is 1.14 bits per heavy atom. The van der Waals surface area contributed by atoms with Gasteiger partial charge in [0.25, 0.3) is 5.56 Å². The van der Waals surface area contributed by atoms with Crippen LogP contribution >= 0.6 is 11.6 Å². The molecule has 8 nitrogen and oxygen atoms in total. The van der Waals surface area contributed by atoms with E-state index in [4.69, 9.17) is 16.3 Å². The van der Waals surface area contributed by atoms with Crippen molar-refractivity contribution in [1.82, 2.24) is 28.8 Å². The summed E-state index contributed by atoms with van der Waals surface area (Å²) >= 11 is 7.00. The van der Waals surface area contributed by atoms with E-state index in [1.54, 1.807) is 17.1 Å². The summed E-state index contributed by atoms with van der Waals surface area (Å²) in [6.45, 7) is 15.6. The van der Waals surface area contributed by atoms with Gasteiger partial charge in [-0.1, -0.05) is 57.2 Å². The first-order chi connectivity index (χ1) is 20.9. The Morgan fingerprint density at radius 2 is 1.93 bits per heavy atom. The molecule has 0 spiro atoms. The third kappa shape index (κ3) is 6.08. The van der Waals surface area contributed by atoms with Gasteiger partial charge in [0.05, 0.1) is 10.4 Å². The second-order valence-corrected chi connectivity index (χ2v) is 20.7. The van der Waals surface area contributed by atoms with Crippen LogP contribution in [0.3, 0.4) is 0 Å². The van der Waals surface area contributed by atoms with E-state index in [9.17, 15) is 4.79 Å². The summed E-state index contributed by atoms with van der Waals surface area (Å²) in [6.07, 6.45) is 8.01. The van der Waals surface area contributed by atoms with Crippen LogP contribution in [0.15, 0.2) is 47.7 Å². The van der Waals surface area contributed by atoms with Crippen LogP contribution in [0, 0.1) is 11.8 Å². The minimum atomic E-state index is -1.25. The molecule has 1 atom stereocenters. The van der Waals surface area contributed by atoms with Crippen LogP contribution < -0.4 is 5.56 Å². The fourth-order valence-electron chi connectivity index (χ4n) is 7.38. The molecule has 3 aromatic heterocycles. The number of aromatic nitrogens is 5. The third-order valence-electron chi connectivity index (χ3n) is 9.66. The molecule has 1 saturated heterocycles. The molecule has 1 aliphatic carbocycles. The summed E-state index contributed by atoms with van der Waals surface area (Å²) in [5, 5.41) is 10.1. The van der Waals surface area contributed by atoms with E-state index in [1.807, 2.05) is 23.7 Å². The highest BCUT2D eigenvalue weighted by Gasteiger charge is 2.48. The lowest BCUT2D eigenvalue weighted by atomic mass is 9.58. The number of aryl methyl sites for hydroxylation is 1. The van der Waals surface area contributed by atoms with Gasteiger partial charge >= 0.3 is 0 Å². The molecule has 44 heavy (non-hydrogen) atoms. The highest BCUT2D eigenvalue weighted by molar-refractivity contribution is 6.76. The monoisotopic (exact) mass is 634 g/mol. The normalized spacial score (nSPS) is 22.9. The molecule has 1 aromatic carbocycles. The Morgan fingerprint density at radius 3 is 2.61 bits per heavy atom. The van der Waals surface area contributed by atoms with Crippen LogP contribution in [-0.2, 0) is 30.5 Å². The Balaban J connectivity index is 1.41. The van der Waals surface area contributed by atoms with Crippen molar-refractivity contribution < 1.29 is 4.74 Å². The van der Waals surface area contributed by atoms with Crippen molar-refractivity contribution >= 4 is 30.6 Å². The zero-order chi connectivity index (χ0) is 31.2. The summed E-state index contributed by atoms with van der Waals surface area (Å²) in [7, 11) is 0.755. The van der Waals surface area contributed by atoms with Crippen molar-refractivity contribution in [2.75, 3.05) is 19.7 Å². The lowest BCUT2D eigenvalue weighted by Gasteiger charge is -2.46. The molecular formula is C34H47ClN6O2Si. The van der Waals surface area contributed by atoms with Gasteiger partial charge in [-0.05, 0) is 73.9 Å². The van der Waals surface area contributed by atoms with Gasteiger partial charge in [-0.2, -0.15) is 0 Å². The minimum absolute atomic E-state index is 0.0803. The summed E-state index contributed by atoms with van der Waals surface area (Å²) < 4.78 is 12.1. The SMILES string of the molecule is CC1CC(c2cccc(-n3cc(Cl)c4cc(CN5CCC[C@H](C)C5)n(COCC[Si](C)(C)C)c4c3=O)c2)(c2nncn2C)C1. The summed E-state index contributed by atoms with van der Waals surface area (Å²) in [4.78, 5) is 16.9. The van der Waals surface area contributed by atoms with E-state index in [0.29, 0.717) is 35.7 Å². The molecule has 0 amide bonds. The van der Waals surface area contributed by atoms with E-state index >= 15 is 0 Å². The van der Waals surface area contributed by atoms with Gasteiger partial charge in [0.1, 0.15) is 24.4 Å². The number of hydrogen-bond acceptors (Lipinski definition) is 5. The number of pyridine rings is 1. The van der Waals surface area contributed by atoms with Crippen molar-refractivity contribution in [3.05, 3.63) is 75.3 Å². The van der Waals surface area contributed by atoms with Gasteiger partial charge in [0, 0.05) is 57.8 Å². The van der Waals surface area contributed by atoms with Gasteiger partial charge in [0.15, 0.2) is 0 Å². The largest absolute Gasteiger partial charge is 0.361 e. The Hall–Kier alpha value is -2.72. The number of ether oxygens (including phenoxy) is 1. The molecule has 0 radical (unpaired) electrons. The molecule has 1 aliphatic heterocycles. The van der Waals surface area contributed by atoms with Crippen LogP contribution in [-0.4, -0.2) is 56.6 Å². The summed E-state index contributed by atoms with van der Waals surface area (Å²) in [5.41, 5.74) is 3.34. The number of rotatable bonds is 10. The molecule has 6 rings (SSSR count). The van der Waals surface area contributed by atoms with Crippen molar-refractivity contribution in [3.63, 3.8) is 0 Å². The second kappa shape index (κ2) is 12.2. The topological polar surface area (TPSA) is 70.1 Å². The van der Waals surface area contributed by atoms with Crippen molar-refractivity contribution in [2.45, 2.75) is 83.9 Å². The summed E-state index contributed by atoms with van der Waals surface area (Å²) in [5.74, 6) is 2.23. The van der Waals surface area contributed by atoms with Gasteiger partial charge in [-0.25, -0.2) is 0 Å². The predicted molar refractivity (Wildman–Crippen MR) is 181 cm³/mol. The zero-order valence-electron chi connectivity index (χ0n) is 27.1. The predicted octanol–water partition coefficient (Wildman–Crippen LogP) is 6.83. The molecule has 2 fully saturated rings. The molecule has 4 aromatic rings. The van der Waals surface area contributed by atoms with Gasteiger partial charge < -0.3 is 13.9 Å². The highest BCUT2D eigenvalue weighted by Crippen LogP contribution is 2.51. The molecular weight excluding hydrogens is 588 g/mol. The van der Waals surface area contributed by atoms with Gasteiger partial charge in [-0.3, -0.25) is 14.3 Å². The second-order valence-electron chi connectivity index (χ2n) is 14.7. The third-order valence-corrected chi connectivity index (χ3v) is 11.7. The Labute approximate surface area is 267 Å². The maximum atomic E-state index is 14.4. The van der Waals surface area contributed by atoms with Crippen molar-refractivity contribution in [2.24, 2.45) is 18.9 Å². The minimum Gasteiger partial charge on any atom is -0.361 e. The quantitative estimate of drug-likeness (QED) is 0.141. The van der Waals surface area contributed by atoms with Crippen molar-refractivity contribution in [3.8, 4) is 5.69 Å². The maximum absolute atomic E-state index is 14.4. The molecule has 0 unspecified atom stereocenters. The standard InChI is InChI=1S/C34H47ClN6O2Si/c1-24-9-8-12-39(19-24)20-28-16-29-30(35)21-40(32(42)31(29)41(28)23-43-13-14-44(4,5)6)27-11-7-10-26(15-27)34(17-25(2)18-34)33-37-36-22-38(33)3/h7,10-11,15-16,21-22,24-25H,8-9,12-14,17-20,23H2,1-6H3/t24-,25?,34?/m0/s1. The first kappa shape index (κ1) is 31.3. The maximum Gasteiger partial charge on any atom is 0.279 e. The molecule has 236 valence electrons. The van der Waals surface area contributed by atoms with Crippen LogP contribution in [0.25, 0.3) is 16.6 Å². The average molecular weight is 635 g/mol. The fourth-order valence-corrected chi connectivity index (χ4v) is 8.38. The number of benzene rings is 1. The van der Waals surface area contributed by atoms with E-state index in [2.05, 4.69) is 71.4 Å². The number of likely N-dealkylation sites (tertiary alicyclic amines) is 1. The first-order valence-electron chi connectivity index (χ1n) is 16.1. The number of hydrogen-bond donors (Lipinski definition) is 0. The van der Waals surface area contributed by atoms with Crippen molar-refractivity contribution in [1.29, 1.82) is 0 Å². The smallest absolute Gasteiger partial charge is 0.279 e. The van der Waals surface area contributed by atoms with E-state index in [-0.39, 0.29) is 11.0 Å². The van der Waals surface area contributed by atoms with E-state index < -0.39 is 8.07 Å². The van der Waals surface area contributed by atoms with Gasteiger partial charge in [0.2, 0.25) is 0 Å². The van der Waals surface area contributed by atoms with E-state index in [1.165, 1.54) is 12.8 Å². The zero-order valence-corrected chi connectivity index (χ0v) is 28.9. The fraction of sp³-hybridized carbons (Fsp3) is 0.559. The van der Waals surface area contributed by atoms with E-state index in [0.717, 1.165) is 66.7 Å². The molecule has 4 heterocycles. The molecule has 2 aliphatic rings. The van der Waals surface area contributed by atoms with Gasteiger partial charge in [-0.15, -0.1) is 10.2 Å². The lowest BCUT2D eigenvalue weighted by molar-refractivity contribution is 0.0848. The summed E-state index contributed by atoms with van der Waals surface area (Å²) in [6, 6.07) is 11.5. The first-order valence-corrected chi connectivity index (χ1v) is 20.2. The Bertz CT molecular complexity index is 1700. The molecule has 10 heteroatoms. The average Bonchev–Trinajstić information content (AvgIpc) is 3.54. The molecule has 1 saturated carbocycles. The van der Waals surface area contributed by atoms with Crippen LogP contribution in [0.1, 0.15) is 56.6 Å².